The van der Waals surface area contributed by atoms with Crippen molar-refractivity contribution >= 4 is 40.7 Å². The van der Waals surface area contributed by atoms with Crippen LogP contribution < -0.4 is 16.1 Å². The number of hydrogen-bond donors (Lipinski definition) is 4. The number of fused-ring (bicyclic) bond motifs is 4. The molecule has 1 saturated carbocycles. The van der Waals surface area contributed by atoms with Gasteiger partial charge in [-0.3, -0.25) is 29.2 Å². The van der Waals surface area contributed by atoms with Crippen molar-refractivity contribution in [3.05, 3.63) is 47.7 Å². The quantitative estimate of drug-likeness (QED) is 0.363. The second-order valence-corrected chi connectivity index (χ2v) is 12.8. The van der Waals surface area contributed by atoms with Gasteiger partial charge in [-0.2, -0.15) is 0 Å². The molecule has 236 valence electrons. The van der Waals surface area contributed by atoms with Crippen LogP contribution in [0.3, 0.4) is 0 Å². The molecule has 4 atom stereocenters. The molecule has 0 radical (unpaired) electrons. The van der Waals surface area contributed by atoms with Gasteiger partial charge in [0.05, 0.1) is 28.8 Å². The molecule has 11 heteroatoms. The van der Waals surface area contributed by atoms with E-state index in [9.17, 15) is 24.3 Å². The molecule has 5 rings (SSSR count). The number of benzene rings is 1. The molecular weight excluding hydrogens is 562 g/mol. The van der Waals surface area contributed by atoms with Gasteiger partial charge >= 0.3 is 5.97 Å². The van der Waals surface area contributed by atoms with Crippen molar-refractivity contribution in [1.29, 1.82) is 0 Å². The third-order valence-electron chi connectivity index (χ3n) is 8.98. The minimum atomic E-state index is -1.12. The summed E-state index contributed by atoms with van der Waals surface area (Å²) in [5, 5.41) is 18.3. The summed E-state index contributed by atoms with van der Waals surface area (Å²) in [6.07, 6.45) is 4.84. The maximum atomic E-state index is 13.9. The summed E-state index contributed by atoms with van der Waals surface area (Å²) in [5.41, 5.74) is 4.27. The molecule has 3 aliphatic rings. The fourth-order valence-corrected chi connectivity index (χ4v) is 6.15. The first kappa shape index (κ1) is 31.6. The first-order valence-electron chi connectivity index (χ1n) is 15.6. The van der Waals surface area contributed by atoms with E-state index in [0.29, 0.717) is 50.8 Å². The van der Waals surface area contributed by atoms with Gasteiger partial charge < -0.3 is 20.5 Å². The summed E-state index contributed by atoms with van der Waals surface area (Å²) in [6.45, 7) is 7.39. The van der Waals surface area contributed by atoms with Gasteiger partial charge in [-0.05, 0) is 76.0 Å². The minimum Gasteiger partial charge on any atom is -0.451 e. The Kier molecular flexibility index (Phi) is 9.36. The Hall–Kier alpha value is -3.83. The van der Waals surface area contributed by atoms with E-state index in [-0.39, 0.29) is 17.9 Å². The zero-order valence-electron chi connectivity index (χ0n) is 25.8. The lowest BCUT2D eigenvalue weighted by Gasteiger charge is -2.36. The zero-order chi connectivity index (χ0) is 31.6. The summed E-state index contributed by atoms with van der Waals surface area (Å²) < 4.78 is 5.93. The maximum Gasteiger partial charge on any atom is 0.316 e. The van der Waals surface area contributed by atoms with Gasteiger partial charge in [0.2, 0.25) is 5.91 Å². The molecule has 1 saturated heterocycles. The number of rotatable bonds is 1. The van der Waals surface area contributed by atoms with E-state index in [1.807, 2.05) is 49.4 Å². The largest absolute Gasteiger partial charge is 0.451 e. The number of aliphatic hydroxyl groups is 1. The number of nitrogens with zero attached hydrogens (tertiary/aromatic N) is 2. The van der Waals surface area contributed by atoms with Crippen molar-refractivity contribution in [2.45, 2.75) is 96.6 Å². The van der Waals surface area contributed by atoms with Gasteiger partial charge in [0.1, 0.15) is 12.1 Å². The number of esters is 1. The zero-order valence-corrected chi connectivity index (χ0v) is 25.8. The third-order valence-corrected chi connectivity index (χ3v) is 8.98. The number of hydrazine groups is 1. The van der Waals surface area contributed by atoms with E-state index in [0.717, 1.165) is 16.5 Å². The molecule has 1 spiro atoms. The van der Waals surface area contributed by atoms with Gasteiger partial charge in [-0.25, -0.2) is 5.43 Å². The van der Waals surface area contributed by atoms with E-state index in [4.69, 9.17) is 9.72 Å². The number of amides is 3. The van der Waals surface area contributed by atoms with Gasteiger partial charge in [-0.1, -0.05) is 44.2 Å². The fourth-order valence-electron chi connectivity index (χ4n) is 6.15. The number of hydrogen-bond acceptors (Lipinski definition) is 8. The Morgan fingerprint density at radius 3 is 2.41 bits per heavy atom. The van der Waals surface area contributed by atoms with Crippen molar-refractivity contribution in [3.63, 3.8) is 0 Å². The number of aromatic nitrogens is 1. The van der Waals surface area contributed by atoms with Crippen LogP contribution >= 0.6 is 0 Å². The van der Waals surface area contributed by atoms with Crippen LogP contribution in [-0.4, -0.2) is 69.6 Å². The highest BCUT2D eigenvalue weighted by molar-refractivity contribution is 5.92. The van der Waals surface area contributed by atoms with Crippen molar-refractivity contribution in [3.8, 4) is 0 Å². The van der Waals surface area contributed by atoms with Crippen LogP contribution in [0.5, 0.6) is 0 Å². The average molecular weight is 606 g/mol. The highest BCUT2D eigenvalue weighted by Crippen LogP contribution is 2.40. The van der Waals surface area contributed by atoms with Gasteiger partial charge in [0.25, 0.3) is 11.8 Å². The van der Waals surface area contributed by atoms with Gasteiger partial charge in [-0.15, -0.1) is 0 Å². The Morgan fingerprint density at radius 2 is 1.68 bits per heavy atom. The second kappa shape index (κ2) is 13.0. The monoisotopic (exact) mass is 605 g/mol. The summed E-state index contributed by atoms with van der Waals surface area (Å²) >= 11 is 0. The SMILES string of the molecule is CC(C)[C@@H]1OC(=O)C2(C=Cc3ccc4ccc(nc4c3)[C@@H](C)NC(=O)C3CCCN(N3)C(=O)[C@H](C)NC1=O)CCC(O)CC2. The van der Waals surface area contributed by atoms with E-state index < -0.39 is 47.5 Å². The lowest BCUT2D eigenvalue weighted by molar-refractivity contribution is -0.168. The van der Waals surface area contributed by atoms with Crippen LogP contribution in [0.4, 0.5) is 0 Å². The normalized spacial score (nSPS) is 30.8. The molecule has 5 bridgehead atoms. The molecule has 4 N–H and O–H groups in total. The highest BCUT2D eigenvalue weighted by atomic mass is 16.5. The molecular formula is C33H43N5O6. The molecule has 3 heterocycles. The van der Waals surface area contributed by atoms with Crippen molar-refractivity contribution in [2.75, 3.05) is 6.54 Å². The molecule has 1 aromatic carbocycles. The average Bonchev–Trinajstić information content (AvgIpc) is 3.01. The number of cyclic esters (lactones) is 1. The van der Waals surface area contributed by atoms with Crippen LogP contribution in [0.1, 0.15) is 83.5 Å². The maximum absolute atomic E-state index is 13.9. The smallest absolute Gasteiger partial charge is 0.316 e. The van der Waals surface area contributed by atoms with Crippen molar-refractivity contribution < 1.29 is 29.0 Å². The van der Waals surface area contributed by atoms with Crippen LogP contribution in [0.2, 0.25) is 0 Å². The number of carbonyl (C=O) groups excluding carboxylic acids is 4. The van der Waals surface area contributed by atoms with E-state index >= 15 is 0 Å². The van der Waals surface area contributed by atoms with Crippen LogP contribution in [0, 0.1) is 11.3 Å². The predicted molar refractivity (Wildman–Crippen MR) is 164 cm³/mol. The second-order valence-electron chi connectivity index (χ2n) is 12.8. The van der Waals surface area contributed by atoms with Crippen molar-refractivity contribution in [1.82, 2.24) is 26.1 Å². The number of pyridine rings is 1. The summed E-state index contributed by atoms with van der Waals surface area (Å²) in [5.74, 6) is -2.09. The number of aliphatic hydroxyl groups excluding tert-OH is 1. The Balaban J connectivity index is 1.53. The predicted octanol–water partition coefficient (Wildman–Crippen LogP) is 2.93. The fraction of sp³-hybridized carbons (Fsp3) is 0.545. The third kappa shape index (κ3) is 6.78. The van der Waals surface area contributed by atoms with Crippen LogP contribution in [0.15, 0.2) is 36.4 Å². The van der Waals surface area contributed by atoms with E-state index in [1.165, 1.54) is 5.01 Å². The Morgan fingerprint density at radius 1 is 0.977 bits per heavy atom. The number of nitrogens with one attached hydrogen (secondary N) is 3. The molecule has 44 heavy (non-hydrogen) atoms. The molecule has 2 aliphatic heterocycles. The summed E-state index contributed by atoms with van der Waals surface area (Å²) in [7, 11) is 0. The first-order valence-corrected chi connectivity index (χ1v) is 15.6. The van der Waals surface area contributed by atoms with E-state index in [2.05, 4.69) is 16.1 Å². The molecule has 1 aromatic heterocycles. The Labute approximate surface area is 257 Å². The summed E-state index contributed by atoms with van der Waals surface area (Å²) in [4.78, 5) is 58.7. The minimum absolute atomic E-state index is 0.245. The Bertz CT molecular complexity index is 1450. The molecule has 3 amide bonds. The van der Waals surface area contributed by atoms with Crippen LogP contribution in [-0.2, 0) is 23.9 Å². The topological polar surface area (TPSA) is 150 Å². The number of carbonyl (C=O) groups is 4. The first-order chi connectivity index (χ1) is 21.0. The molecule has 2 aromatic rings. The number of ether oxygens (including phenoxy) is 1. The lowest BCUT2D eigenvalue weighted by Crippen LogP contribution is -2.61. The van der Waals surface area contributed by atoms with Gasteiger partial charge in [0.15, 0.2) is 6.10 Å². The standard InChI is InChI=1S/C33H43N5O6/c1-19(2)28-30(41)35-21(4)31(42)38-17-5-6-26(37-38)29(40)34-20(3)25-10-9-23-8-7-22(18-27(23)36-25)11-14-33(32(43)44-28)15-12-24(39)13-16-33/h7-11,14,18-21,24,26,28,37,39H,5-6,12-13,15-17H2,1-4H3,(H,34,40)(H,35,41)/t20-,21+,24?,26?,28+,33?/m1/s1. The van der Waals surface area contributed by atoms with Gasteiger partial charge in [0, 0.05) is 11.9 Å². The lowest BCUT2D eigenvalue weighted by atomic mass is 9.72. The van der Waals surface area contributed by atoms with Crippen molar-refractivity contribution in [2.24, 2.45) is 11.3 Å². The molecule has 11 nitrogen and oxygen atoms in total. The van der Waals surface area contributed by atoms with Crippen LogP contribution in [0.25, 0.3) is 17.0 Å². The molecule has 1 unspecified atom stereocenters. The summed E-state index contributed by atoms with van der Waals surface area (Å²) in [6, 6.07) is 7.74. The molecule has 2 fully saturated rings. The molecule has 1 aliphatic carbocycles. The van der Waals surface area contributed by atoms with E-state index in [1.54, 1.807) is 20.8 Å². The highest BCUT2D eigenvalue weighted by Gasteiger charge is 2.43.